The third kappa shape index (κ3) is 4.10. The lowest BCUT2D eigenvalue weighted by atomic mass is 10.1. The van der Waals surface area contributed by atoms with Crippen LogP contribution < -0.4 is 0 Å². The van der Waals surface area contributed by atoms with Crippen LogP contribution >= 0.6 is 0 Å². The van der Waals surface area contributed by atoms with Crippen LogP contribution in [0.15, 0.2) is 46.2 Å². The summed E-state index contributed by atoms with van der Waals surface area (Å²) in [6, 6.07) is 8.88. The van der Waals surface area contributed by atoms with Crippen molar-refractivity contribution in [3.8, 4) is 0 Å². The van der Waals surface area contributed by atoms with Crippen LogP contribution in [0.2, 0.25) is 0 Å². The maximum absolute atomic E-state index is 13.1. The van der Waals surface area contributed by atoms with Gasteiger partial charge >= 0.3 is 0 Å². The van der Waals surface area contributed by atoms with Crippen LogP contribution in [0, 0.1) is 30.9 Å². The van der Waals surface area contributed by atoms with Crippen molar-refractivity contribution in [2.24, 2.45) is 0 Å². The van der Waals surface area contributed by atoms with E-state index in [-0.39, 0.29) is 41.7 Å². The second-order valence-corrected chi connectivity index (χ2v) is 11.1. The quantitative estimate of drug-likeness (QED) is 0.506. The molecule has 1 aliphatic heterocycles. The molecule has 0 spiro atoms. The maximum Gasteiger partial charge on any atom is 0.271 e. The fraction of sp³-hybridized carbons (Fsp3) is 0.368. The van der Waals surface area contributed by atoms with E-state index in [1.165, 1.54) is 26.8 Å². The van der Waals surface area contributed by atoms with E-state index in [4.69, 9.17) is 0 Å². The van der Waals surface area contributed by atoms with Crippen LogP contribution in [0.3, 0.4) is 0 Å². The lowest BCUT2D eigenvalue weighted by Crippen LogP contribution is -2.50. The van der Waals surface area contributed by atoms with Gasteiger partial charge in [-0.3, -0.25) is 10.1 Å². The Kier molecular flexibility index (Phi) is 6.01. The van der Waals surface area contributed by atoms with Gasteiger partial charge in [0, 0.05) is 38.3 Å². The van der Waals surface area contributed by atoms with Gasteiger partial charge in [0.15, 0.2) is 0 Å². The van der Waals surface area contributed by atoms with Crippen LogP contribution in [-0.4, -0.2) is 56.5 Å². The van der Waals surface area contributed by atoms with E-state index in [1.54, 1.807) is 26.0 Å². The Balaban J connectivity index is 1.84. The Morgan fingerprint density at radius 2 is 1.33 bits per heavy atom. The molecule has 2 aromatic carbocycles. The van der Waals surface area contributed by atoms with Gasteiger partial charge in [-0.15, -0.1) is 0 Å². The normalized spacial score (nSPS) is 16.5. The van der Waals surface area contributed by atoms with Gasteiger partial charge in [0.1, 0.15) is 0 Å². The lowest BCUT2D eigenvalue weighted by molar-refractivity contribution is -0.385. The molecule has 3 rings (SSSR count). The summed E-state index contributed by atoms with van der Waals surface area (Å²) in [5, 5.41) is 11.2. The summed E-state index contributed by atoms with van der Waals surface area (Å²) in [7, 11) is -7.73. The van der Waals surface area contributed by atoms with Gasteiger partial charge in [0.2, 0.25) is 20.0 Å². The zero-order valence-corrected chi connectivity index (χ0v) is 18.5. The number of piperazine rings is 1. The molecule has 11 heteroatoms. The first-order valence-electron chi connectivity index (χ1n) is 9.27. The summed E-state index contributed by atoms with van der Waals surface area (Å²) >= 11 is 0. The van der Waals surface area contributed by atoms with Gasteiger partial charge in [-0.2, -0.15) is 8.61 Å². The molecule has 1 heterocycles. The van der Waals surface area contributed by atoms with Gasteiger partial charge in [-0.25, -0.2) is 16.8 Å². The molecule has 0 aromatic heterocycles. The molecular weight excluding hydrogens is 430 g/mol. The molecule has 30 heavy (non-hydrogen) atoms. The SMILES string of the molecule is Cc1ccc(S(=O)(=O)N2CCN(S(=O)(=O)c3cc([N+](=O)[O-])cc(C)c3C)CC2)cc1. The highest BCUT2D eigenvalue weighted by Gasteiger charge is 2.35. The summed E-state index contributed by atoms with van der Waals surface area (Å²) in [6.45, 7) is 5.02. The minimum absolute atomic E-state index is 0.00238. The smallest absolute Gasteiger partial charge is 0.258 e. The van der Waals surface area contributed by atoms with E-state index in [9.17, 15) is 26.9 Å². The first-order chi connectivity index (χ1) is 13.9. The number of nitro groups is 1. The molecule has 1 saturated heterocycles. The molecular formula is C19H23N3O6S2. The fourth-order valence-electron chi connectivity index (χ4n) is 3.33. The van der Waals surface area contributed by atoms with Gasteiger partial charge in [-0.1, -0.05) is 17.7 Å². The molecule has 0 radical (unpaired) electrons. The van der Waals surface area contributed by atoms with Crippen molar-refractivity contribution in [1.82, 2.24) is 8.61 Å². The van der Waals surface area contributed by atoms with E-state index < -0.39 is 25.0 Å². The summed E-state index contributed by atoms with van der Waals surface area (Å²) in [5.41, 5.74) is 1.59. The standard InChI is InChI=1S/C19H23N3O6S2/c1-14-4-6-18(7-5-14)29(25,26)20-8-10-21(11-9-20)30(27,28)19-13-17(22(23)24)12-15(2)16(19)3/h4-7,12-13H,8-11H2,1-3H3. The Bertz CT molecular complexity index is 1180. The average Bonchev–Trinajstić information content (AvgIpc) is 2.70. The minimum atomic E-state index is -4.00. The fourth-order valence-corrected chi connectivity index (χ4v) is 6.49. The molecule has 0 aliphatic carbocycles. The predicted molar refractivity (Wildman–Crippen MR) is 111 cm³/mol. The number of hydrogen-bond acceptors (Lipinski definition) is 6. The zero-order valence-electron chi connectivity index (χ0n) is 16.9. The van der Waals surface area contributed by atoms with Crippen LogP contribution in [0.4, 0.5) is 5.69 Å². The largest absolute Gasteiger partial charge is 0.271 e. The van der Waals surface area contributed by atoms with Crippen LogP contribution in [-0.2, 0) is 20.0 Å². The van der Waals surface area contributed by atoms with E-state index in [1.807, 2.05) is 6.92 Å². The number of nitrogens with zero attached hydrogens (tertiary/aromatic N) is 3. The number of non-ortho nitro benzene ring substituents is 1. The van der Waals surface area contributed by atoms with Crippen LogP contribution in [0.5, 0.6) is 0 Å². The minimum Gasteiger partial charge on any atom is -0.258 e. The third-order valence-corrected chi connectivity index (χ3v) is 9.23. The lowest BCUT2D eigenvalue weighted by Gasteiger charge is -2.33. The van der Waals surface area contributed by atoms with Gasteiger partial charge in [-0.05, 0) is 44.0 Å². The molecule has 0 saturated carbocycles. The van der Waals surface area contributed by atoms with E-state index in [0.717, 1.165) is 11.6 Å². The second-order valence-electron chi connectivity index (χ2n) is 7.26. The molecule has 0 atom stereocenters. The topological polar surface area (TPSA) is 118 Å². The van der Waals surface area contributed by atoms with Crippen molar-refractivity contribution in [1.29, 1.82) is 0 Å². The van der Waals surface area contributed by atoms with Gasteiger partial charge in [0.25, 0.3) is 5.69 Å². The monoisotopic (exact) mass is 453 g/mol. The third-order valence-electron chi connectivity index (χ3n) is 5.29. The molecule has 162 valence electrons. The van der Waals surface area contributed by atoms with E-state index in [0.29, 0.717) is 11.1 Å². The van der Waals surface area contributed by atoms with Crippen LogP contribution in [0.25, 0.3) is 0 Å². The molecule has 0 amide bonds. The predicted octanol–water partition coefficient (Wildman–Crippen LogP) is 2.22. The van der Waals surface area contributed by atoms with E-state index in [2.05, 4.69) is 0 Å². The molecule has 9 nitrogen and oxygen atoms in total. The first-order valence-corrected chi connectivity index (χ1v) is 12.1. The van der Waals surface area contributed by atoms with Crippen molar-refractivity contribution in [3.05, 3.63) is 63.2 Å². The number of aryl methyl sites for hydroxylation is 2. The highest BCUT2D eigenvalue weighted by atomic mass is 32.2. The summed E-state index contributed by atoms with van der Waals surface area (Å²) in [4.78, 5) is 10.6. The molecule has 1 aliphatic rings. The van der Waals surface area contributed by atoms with Gasteiger partial charge in [0.05, 0.1) is 14.7 Å². The second kappa shape index (κ2) is 8.06. The summed E-state index contributed by atoms with van der Waals surface area (Å²) in [5.74, 6) is 0. The summed E-state index contributed by atoms with van der Waals surface area (Å²) < 4.78 is 54.4. The number of benzene rings is 2. The molecule has 0 unspecified atom stereocenters. The number of nitro benzene ring substituents is 1. The molecule has 0 bridgehead atoms. The van der Waals surface area contributed by atoms with Crippen molar-refractivity contribution in [3.63, 3.8) is 0 Å². The van der Waals surface area contributed by atoms with Crippen LogP contribution in [0.1, 0.15) is 16.7 Å². The molecule has 2 aromatic rings. The Morgan fingerprint density at radius 3 is 1.83 bits per heavy atom. The highest BCUT2D eigenvalue weighted by Crippen LogP contribution is 2.29. The first kappa shape index (κ1) is 22.3. The Labute approximate surface area is 176 Å². The molecule has 1 fully saturated rings. The van der Waals surface area contributed by atoms with E-state index >= 15 is 0 Å². The van der Waals surface area contributed by atoms with Crippen molar-refractivity contribution in [2.45, 2.75) is 30.6 Å². The van der Waals surface area contributed by atoms with Crippen molar-refractivity contribution in [2.75, 3.05) is 26.2 Å². The number of sulfonamides is 2. The highest BCUT2D eigenvalue weighted by molar-refractivity contribution is 7.89. The number of hydrogen-bond donors (Lipinski definition) is 0. The Hall–Kier alpha value is -2.34. The Morgan fingerprint density at radius 1 is 0.833 bits per heavy atom. The van der Waals surface area contributed by atoms with Gasteiger partial charge < -0.3 is 0 Å². The molecule has 0 N–H and O–H groups in total. The van der Waals surface area contributed by atoms with Crippen molar-refractivity contribution >= 4 is 25.7 Å². The average molecular weight is 454 g/mol. The zero-order chi connectivity index (χ0) is 22.3. The number of rotatable bonds is 5. The maximum atomic E-state index is 13.1. The summed E-state index contributed by atoms with van der Waals surface area (Å²) in [6.07, 6.45) is 0. The van der Waals surface area contributed by atoms with Crippen molar-refractivity contribution < 1.29 is 21.8 Å².